The van der Waals surface area contributed by atoms with Crippen LogP contribution in [0.15, 0.2) is 53.6 Å². The highest BCUT2D eigenvalue weighted by atomic mass is 32.2. The molecule has 10 heteroatoms. The van der Waals surface area contributed by atoms with Crippen molar-refractivity contribution in [3.63, 3.8) is 0 Å². The number of nitrogen functional groups attached to an aromatic ring is 1. The van der Waals surface area contributed by atoms with E-state index in [0.717, 1.165) is 28.2 Å². The van der Waals surface area contributed by atoms with Gasteiger partial charge in [-0.05, 0) is 42.3 Å². The molecule has 8 nitrogen and oxygen atoms in total. The van der Waals surface area contributed by atoms with Gasteiger partial charge in [0, 0.05) is 41.1 Å². The Kier molecular flexibility index (Phi) is 6.18. The second kappa shape index (κ2) is 8.94. The number of rotatable bonds is 4. The Balaban J connectivity index is 1.69. The van der Waals surface area contributed by atoms with E-state index in [2.05, 4.69) is 0 Å². The fourth-order valence-corrected chi connectivity index (χ4v) is 4.79. The van der Waals surface area contributed by atoms with Crippen LogP contribution in [0.1, 0.15) is 28.4 Å². The molecule has 3 aromatic rings. The third-order valence-electron chi connectivity index (χ3n) is 5.81. The Morgan fingerprint density at radius 3 is 2.62 bits per heavy atom. The minimum Gasteiger partial charge on any atom is -0.491 e. The van der Waals surface area contributed by atoms with E-state index in [0.29, 0.717) is 11.3 Å². The summed E-state index contributed by atoms with van der Waals surface area (Å²) in [5.74, 6) is -0.469. The predicted molar refractivity (Wildman–Crippen MR) is 123 cm³/mol. The van der Waals surface area contributed by atoms with Gasteiger partial charge in [0.15, 0.2) is 9.84 Å². The Hall–Kier alpha value is -3.66. The van der Waals surface area contributed by atoms with Gasteiger partial charge in [-0.1, -0.05) is 17.7 Å². The molecule has 34 heavy (non-hydrogen) atoms. The molecule has 0 atom stereocenters. The maximum atomic E-state index is 15.0. The van der Waals surface area contributed by atoms with Crippen molar-refractivity contribution >= 4 is 21.6 Å². The minimum absolute atomic E-state index is 0.0708. The van der Waals surface area contributed by atoms with Gasteiger partial charge in [0.1, 0.15) is 29.3 Å². The quantitative estimate of drug-likeness (QED) is 0.433. The second-order valence-electron chi connectivity index (χ2n) is 8.11. The molecule has 2 aromatic carbocycles. The number of sulfone groups is 1. The van der Waals surface area contributed by atoms with Crippen LogP contribution in [0.2, 0.25) is 0 Å². The normalized spacial score (nSPS) is 13.7. The van der Waals surface area contributed by atoms with Gasteiger partial charge in [-0.15, -0.1) is 0 Å². The van der Waals surface area contributed by atoms with E-state index in [1.807, 2.05) is 12.1 Å². The number of hydrogen-bond acceptors (Lipinski definition) is 6. The van der Waals surface area contributed by atoms with Gasteiger partial charge >= 0.3 is 5.82 Å². The molecule has 1 aliphatic rings. The number of fused-ring (bicyclic) bond motifs is 1. The van der Waals surface area contributed by atoms with Gasteiger partial charge in [0.25, 0.3) is 5.91 Å². The number of carbonyl (C=O) groups is 1. The van der Waals surface area contributed by atoms with Gasteiger partial charge < -0.3 is 14.8 Å². The van der Waals surface area contributed by atoms with Gasteiger partial charge in [-0.2, -0.15) is 0 Å². The van der Waals surface area contributed by atoms with E-state index in [9.17, 15) is 22.8 Å². The molecule has 3 N–H and O–H groups in total. The van der Waals surface area contributed by atoms with Crippen LogP contribution >= 0.6 is 0 Å². The van der Waals surface area contributed by atoms with E-state index >= 15 is 0 Å². The van der Waals surface area contributed by atoms with E-state index in [4.69, 9.17) is 10.5 Å². The van der Waals surface area contributed by atoms with Crippen molar-refractivity contribution < 1.29 is 32.3 Å². The topological polar surface area (TPSA) is 114 Å². The number of nitrogens with two attached hydrogens (primary N) is 1. The van der Waals surface area contributed by atoms with Crippen molar-refractivity contribution in [3.8, 4) is 16.9 Å². The van der Waals surface area contributed by atoms with Crippen molar-refractivity contribution in [3.05, 3.63) is 71.2 Å². The maximum absolute atomic E-state index is 15.0. The van der Waals surface area contributed by atoms with Crippen LogP contribution in [-0.2, 0) is 22.8 Å². The van der Waals surface area contributed by atoms with Crippen LogP contribution in [0.5, 0.6) is 5.75 Å². The molecule has 0 saturated carbocycles. The highest BCUT2D eigenvalue weighted by Gasteiger charge is 2.27. The number of ether oxygens (including phenoxy) is 1. The van der Waals surface area contributed by atoms with Gasteiger partial charge in [0.2, 0.25) is 0 Å². The lowest BCUT2D eigenvalue weighted by molar-refractivity contribution is -0.893. The van der Waals surface area contributed by atoms with Crippen molar-refractivity contribution in [2.24, 2.45) is 0 Å². The number of benzene rings is 2. The van der Waals surface area contributed by atoms with Crippen LogP contribution in [-0.4, -0.2) is 43.8 Å². The van der Waals surface area contributed by atoms with E-state index in [-0.39, 0.29) is 43.1 Å². The van der Waals surface area contributed by atoms with Crippen LogP contribution < -0.4 is 15.2 Å². The number of halogens is 1. The van der Waals surface area contributed by atoms with Crippen LogP contribution in [0.3, 0.4) is 0 Å². The molecule has 0 bridgehead atoms. The number of nitrogens with zero attached hydrogens (tertiary/aromatic N) is 2. The summed E-state index contributed by atoms with van der Waals surface area (Å²) in [5.41, 5.74) is 8.11. The average Bonchev–Trinajstić information content (AvgIpc) is 3.01. The largest absolute Gasteiger partial charge is 0.491 e. The van der Waals surface area contributed by atoms with Crippen LogP contribution in [0.4, 0.5) is 10.2 Å². The molecule has 1 aromatic heterocycles. The summed E-state index contributed by atoms with van der Waals surface area (Å²) in [6.45, 7) is 2.42. The lowest BCUT2D eigenvalue weighted by Crippen LogP contribution is -2.33. The molecule has 0 spiro atoms. The Bertz CT molecular complexity index is 1390. The highest BCUT2D eigenvalue weighted by molar-refractivity contribution is 7.90. The average molecular weight is 487 g/mol. The molecular weight excluding hydrogens is 461 g/mol. The van der Waals surface area contributed by atoms with Crippen molar-refractivity contribution in [1.29, 1.82) is 0 Å². The van der Waals surface area contributed by atoms with Crippen LogP contribution in [0.25, 0.3) is 11.1 Å². The Morgan fingerprint density at radius 1 is 1.21 bits per heavy atom. The number of pyridine rings is 1. The van der Waals surface area contributed by atoms with Crippen molar-refractivity contribution in [1.82, 2.24) is 4.90 Å². The summed E-state index contributed by atoms with van der Waals surface area (Å²) < 4.78 is 45.4. The van der Waals surface area contributed by atoms with Crippen LogP contribution in [0, 0.1) is 5.82 Å². The third-order valence-corrected chi connectivity index (χ3v) is 6.93. The second-order valence-corrected chi connectivity index (χ2v) is 10.1. The minimum atomic E-state index is -3.76. The molecule has 0 fully saturated rings. The lowest BCUT2D eigenvalue weighted by Gasteiger charge is -2.22. The maximum Gasteiger partial charge on any atom is 0.311 e. The first-order valence-corrected chi connectivity index (χ1v) is 12.6. The van der Waals surface area contributed by atoms with E-state index < -0.39 is 26.5 Å². The molecule has 0 radical (unpaired) electrons. The first-order valence-electron chi connectivity index (χ1n) is 10.7. The summed E-state index contributed by atoms with van der Waals surface area (Å²) in [6.07, 6.45) is 2.59. The smallest absolute Gasteiger partial charge is 0.311 e. The fraction of sp³-hybridized carbons (Fsp3) is 0.250. The number of aromatic nitrogens is 1. The first kappa shape index (κ1) is 23.5. The highest BCUT2D eigenvalue weighted by Crippen LogP contribution is 2.30. The number of hydrogen-bond donors (Lipinski definition) is 2. The molecule has 2 heterocycles. The van der Waals surface area contributed by atoms with E-state index in [1.54, 1.807) is 30.0 Å². The molecule has 1 amide bonds. The molecule has 1 aliphatic heterocycles. The number of carbonyl (C=O) groups excluding carboxylic acids is 1. The lowest BCUT2D eigenvalue weighted by atomic mass is 10.0. The standard InChI is InChI=1S/C24H24FN3O5S/c1-3-18-19(6-8-21(23(18)25)34(2,31)32)24(29)27-10-11-33-20-7-4-15(12-17(20)13-27)16-5-9-22(26)28(30)14-16/h4-9,12,14,26,30H,3,10-11,13H2,1-2H3/p+1. The molecular formula is C24H25FN3O5S+. The monoisotopic (exact) mass is 486 g/mol. The van der Waals surface area contributed by atoms with Crippen molar-refractivity contribution in [2.75, 3.05) is 25.1 Å². The molecule has 0 saturated heterocycles. The summed E-state index contributed by atoms with van der Waals surface area (Å²) in [7, 11) is -3.76. The summed E-state index contributed by atoms with van der Waals surface area (Å²) in [6, 6.07) is 11.4. The van der Waals surface area contributed by atoms with Gasteiger partial charge in [-0.25, -0.2) is 12.8 Å². The molecule has 0 aliphatic carbocycles. The molecule has 0 unspecified atom stereocenters. The third kappa shape index (κ3) is 4.41. The number of anilines is 1. The van der Waals surface area contributed by atoms with Gasteiger partial charge in [-0.3, -0.25) is 10.5 Å². The predicted octanol–water partition coefficient (Wildman–Crippen LogP) is 2.60. The number of amides is 1. The van der Waals surface area contributed by atoms with Crippen molar-refractivity contribution in [2.45, 2.75) is 24.8 Å². The SMILES string of the molecule is CCc1c(C(=O)N2CCOc3ccc(-c4ccc(N)[n+](O)c4)cc3C2)ccc(S(C)(=O)=O)c1F. The summed E-state index contributed by atoms with van der Waals surface area (Å²) in [5, 5.41) is 9.87. The fourth-order valence-electron chi connectivity index (χ4n) is 4.02. The molecule has 178 valence electrons. The zero-order valence-electron chi connectivity index (χ0n) is 18.8. The Labute approximate surface area is 196 Å². The molecule has 4 rings (SSSR count). The van der Waals surface area contributed by atoms with Gasteiger partial charge in [0.05, 0.1) is 6.54 Å². The first-order chi connectivity index (χ1) is 16.1. The zero-order valence-corrected chi connectivity index (χ0v) is 19.6. The summed E-state index contributed by atoms with van der Waals surface area (Å²) >= 11 is 0. The Morgan fingerprint density at radius 2 is 1.94 bits per heavy atom. The summed E-state index contributed by atoms with van der Waals surface area (Å²) in [4.78, 5) is 14.5. The van der Waals surface area contributed by atoms with E-state index in [1.165, 1.54) is 12.3 Å². The zero-order chi connectivity index (χ0) is 24.6.